The zero-order valence-electron chi connectivity index (χ0n) is 16.1. The van der Waals surface area contributed by atoms with E-state index in [0.717, 1.165) is 12.8 Å². The highest BCUT2D eigenvalue weighted by Gasteiger charge is 2.10. The molecule has 1 aromatic rings. The number of benzene rings is 1. The number of rotatable bonds is 6. The van der Waals surface area contributed by atoms with Crippen LogP contribution in [0.1, 0.15) is 61.4 Å². The van der Waals surface area contributed by atoms with Gasteiger partial charge in [0, 0.05) is 0 Å². The van der Waals surface area contributed by atoms with E-state index in [4.69, 9.17) is 0 Å². The first-order chi connectivity index (χ1) is 10.7. The molecule has 0 fully saturated rings. The summed E-state index contributed by atoms with van der Waals surface area (Å²) in [5.74, 6) is 0. The van der Waals surface area contributed by atoms with E-state index in [1.165, 1.54) is 50.1 Å². The molecule has 1 rings (SSSR count). The quantitative estimate of drug-likeness (QED) is 0.488. The molecule has 0 aromatic heterocycles. The third kappa shape index (κ3) is 4.82. The fraction of sp³-hybridized carbons (Fsp3) is 0.391. The first kappa shape index (κ1) is 19.2. The topological polar surface area (TPSA) is 0 Å². The lowest BCUT2D eigenvalue weighted by Crippen LogP contribution is -1.97. The highest BCUT2D eigenvalue weighted by molar-refractivity contribution is 5.69. The molecule has 0 radical (unpaired) electrons. The van der Waals surface area contributed by atoms with Gasteiger partial charge in [-0.2, -0.15) is 0 Å². The van der Waals surface area contributed by atoms with Crippen LogP contribution in [0.25, 0.3) is 5.57 Å². The van der Waals surface area contributed by atoms with Gasteiger partial charge in [0.15, 0.2) is 0 Å². The molecule has 0 unspecified atom stereocenters. The number of hydrogen-bond acceptors (Lipinski definition) is 0. The Morgan fingerprint density at radius 2 is 1.57 bits per heavy atom. The maximum atomic E-state index is 4.35. The highest BCUT2D eigenvalue weighted by Crippen LogP contribution is 2.29. The molecule has 0 heteroatoms. The minimum atomic E-state index is 1.01. The summed E-state index contributed by atoms with van der Waals surface area (Å²) in [5, 5.41) is 0. The molecule has 0 aliphatic rings. The fourth-order valence-corrected chi connectivity index (χ4v) is 2.77. The molecule has 23 heavy (non-hydrogen) atoms. The van der Waals surface area contributed by atoms with Crippen molar-refractivity contribution in [3.8, 4) is 0 Å². The van der Waals surface area contributed by atoms with E-state index in [0.29, 0.717) is 0 Å². The Labute approximate surface area is 143 Å². The van der Waals surface area contributed by atoms with E-state index in [1.54, 1.807) is 0 Å². The SMILES string of the molecule is C=CC(C)=CC(C)=C(C)CCC(=C)c1cc(C)c(C)c(C)c1C. The van der Waals surface area contributed by atoms with Gasteiger partial charge in [0.1, 0.15) is 0 Å². The maximum absolute atomic E-state index is 4.35. The average Bonchev–Trinajstić information content (AvgIpc) is 2.53. The Balaban J connectivity index is 2.94. The van der Waals surface area contributed by atoms with E-state index in [9.17, 15) is 0 Å². The van der Waals surface area contributed by atoms with Crippen molar-refractivity contribution in [3.63, 3.8) is 0 Å². The van der Waals surface area contributed by atoms with Crippen molar-refractivity contribution in [2.24, 2.45) is 0 Å². The molecule has 0 N–H and O–H groups in total. The van der Waals surface area contributed by atoms with Crippen LogP contribution in [0.4, 0.5) is 0 Å². The second kappa shape index (κ2) is 8.15. The second-order valence-corrected chi connectivity index (χ2v) is 6.78. The third-order valence-corrected chi connectivity index (χ3v) is 5.10. The van der Waals surface area contributed by atoms with Gasteiger partial charge < -0.3 is 0 Å². The van der Waals surface area contributed by atoms with E-state index in [1.807, 2.05) is 6.08 Å². The van der Waals surface area contributed by atoms with Gasteiger partial charge in [0.05, 0.1) is 0 Å². The van der Waals surface area contributed by atoms with Gasteiger partial charge >= 0.3 is 0 Å². The van der Waals surface area contributed by atoms with Crippen molar-refractivity contribution in [2.75, 3.05) is 0 Å². The summed E-state index contributed by atoms with van der Waals surface area (Å²) in [4.78, 5) is 0. The van der Waals surface area contributed by atoms with Crippen LogP contribution in [0.15, 0.2) is 48.1 Å². The van der Waals surface area contributed by atoms with Crippen molar-refractivity contribution in [1.29, 1.82) is 0 Å². The summed E-state index contributed by atoms with van der Waals surface area (Å²) >= 11 is 0. The van der Waals surface area contributed by atoms with Crippen molar-refractivity contribution in [1.82, 2.24) is 0 Å². The van der Waals surface area contributed by atoms with Crippen LogP contribution in [-0.4, -0.2) is 0 Å². The van der Waals surface area contributed by atoms with E-state index in [-0.39, 0.29) is 0 Å². The van der Waals surface area contributed by atoms with Gasteiger partial charge in [-0.1, -0.05) is 48.1 Å². The van der Waals surface area contributed by atoms with Crippen LogP contribution in [0.5, 0.6) is 0 Å². The van der Waals surface area contributed by atoms with Crippen LogP contribution < -0.4 is 0 Å². The van der Waals surface area contributed by atoms with Gasteiger partial charge in [0.2, 0.25) is 0 Å². The molecule has 0 amide bonds. The van der Waals surface area contributed by atoms with Gasteiger partial charge in [-0.15, -0.1) is 0 Å². The van der Waals surface area contributed by atoms with Crippen molar-refractivity contribution in [2.45, 2.75) is 61.3 Å². The first-order valence-electron chi connectivity index (χ1n) is 8.41. The molecule has 0 heterocycles. The number of allylic oxidation sites excluding steroid dienone is 6. The van der Waals surface area contributed by atoms with E-state index < -0.39 is 0 Å². The lowest BCUT2D eigenvalue weighted by molar-refractivity contribution is 0.973. The normalized spacial score (nSPS) is 12.9. The van der Waals surface area contributed by atoms with Gasteiger partial charge in [-0.05, 0) is 94.7 Å². The van der Waals surface area contributed by atoms with Crippen LogP contribution in [-0.2, 0) is 0 Å². The minimum absolute atomic E-state index is 1.01. The standard InChI is InChI=1S/C23H32/c1-10-15(2)13-18(5)16(3)11-12-17(4)23-14-19(6)20(7)21(8)22(23)9/h10,13-14H,1,4,11-12H2,2-3,5-9H3. The molecule has 0 saturated carbocycles. The Bertz CT molecular complexity index is 678. The number of hydrogen-bond donors (Lipinski definition) is 0. The van der Waals surface area contributed by atoms with Crippen LogP contribution >= 0.6 is 0 Å². The van der Waals surface area contributed by atoms with E-state index >= 15 is 0 Å². The molecule has 0 aliphatic carbocycles. The molecule has 0 saturated heterocycles. The Kier molecular flexibility index (Phi) is 6.81. The Hall–Kier alpha value is -1.82. The predicted octanol–water partition coefficient (Wildman–Crippen LogP) is 7.18. The molecule has 124 valence electrons. The molecule has 0 aliphatic heterocycles. The van der Waals surface area contributed by atoms with Crippen LogP contribution in [0.2, 0.25) is 0 Å². The first-order valence-corrected chi connectivity index (χ1v) is 8.41. The highest BCUT2D eigenvalue weighted by atomic mass is 14.1. The smallest absolute Gasteiger partial charge is 0.0196 e. The van der Waals surface area contributed by atoms with Crippen molar-refractivity contribution >= 4 is 5.57 Å². The maximum Gasteiger partial charge on any atom is -0.0196 e. The molecule has 0 bridgehead atoms. The van der Waals surface area contributed by atoms with Crippen molar-refractivity contribution in [3.05, 3.63) is 75.9 Å². The molecule has 0 spiro atoms. The van der Waals surface area contributed by atoms with Crippen molar-refractivity contribution < 1.29 is 0 Å². The Morgan fingerprint density at radius 3 is 2.13 bits per heavy atom. The fourth-order valence-electron chi connectivity index (χ4n) is 2.77. The van der Waals surface area contributed by atoms with Crippen LogP contribution in [0, 0.1) is 27.7 Å². The van der Waals surface area contributed by atoms with Gasteiger partial charge in [-0.25, -0.2) is 0 Å². The Morgan fingerprint density at radius 1 is 0.957 bits per heavy atom. The van der Waals surface area contributed by atoms with Gasteiger partial charge in [-0.3, -0.25) is 0 Å². The monoisotopic (exact) mass is 308 g/mol. The zero-order valence-corrected chi connectivity index (χ0v) is 16.1. The summed E-state index contributed by atoms with van der Waals surface area (Å²) in [7, 11) is 0. The lowest BCUT2D eigenvalue weighted by Gasteiger charge is -2.16. The summed E-state index contributed by atoms with van der Waals surface area (Å²) in [5.41, 5.74) is 12.1. The summed E-state index contributed by atoms with van der Waals surface area (Å²) in [6, 6.07) is 2.30. The van der Waals surface area contributed by atoms with Gasteiger partial charge in [0.25, 0.3) is 0 Å². The largest absolute Gasteiger partial charge is 0.0988 e. The molecule has 0 nitrogen and oxygen atoms in total. The summed E-state index contributed by atoms with van der Waals surface area (Å²) in [6.45, 7) is 23.5. The number of aryl methyl sites for hydroxylation is 1. The molecular weight excluding hydrogens is 276 g/mol. The molecule has 1 aromatic carbocycles. The molecule has 0 atom stereocenters. The lowest BCUT2D eigenvalue weighted by atomic mass is 9.89. The predicted molar refractivity (Wildman–Crippen MR) is 106 cm³/mol. The second-order valence-electron chi connectivity index (χ2n) is 6.78. The minimum Gasteiger partial charge on any atom is -0.0988 e. The van der Waals surface area contributed by atoms with E-state index in [2.05, 4.69) is 73.8 Å². The average molecular weight is 309 g/mol. The summed E-state index contributed by atoms with van der Waals surface area (Å²) in [6.07, 6.45) is 6.16. The van der Waals surface area contributed by atoms with Crippen LogP contribution in [0.3, 0.4) is 0 Å². The third-order valence-electron chi connectivity index (χ3n) is 5.10. The zero-order chi connectivity index (χ0) is 17.7. The molecular formula is C23H32. The summed E-state index contributed by atoms with van der Waals surface area (Å²) < 4.78 is 0.